The van der Waals surface area contributed by atoms with E-state index in [4.69, 9.17) is 21.1 Å². The summed E-state index contributed by atoms with van der Waals surface area (Å²) >= 11 is 6.07. The van der Waals surface area contributed by atoms with Crippen LogP contribution in [0.2, 0.25) is 5.02 Å². The molecule has 1 N–H and O–H groups in total. The summed E-state index contributed by atoms with van der Waals surface area (Å²) in [7, 11) is -0.817. The molecular weight excluding hydrogens is 362 g/mol. The number of sulfonamides is 1. The predicted molar refractivity (Wildman–Crippen MR) is 98.4 cm³/mol. The molecular formula is C18H20ClNO4S. The molecule has 7 heteroatoms. The van der Waals surface area contributed by atoms with Gasteiger partial charge in [-0.1, -0.05) is 11.6 Å². The van der Waals surface area contributed by atoms with E-state index in [0.29, 0.717) is 22.2 Å². The van der Waals surface area contributed by atoms with Crippen LogP contribution in [-0.4, -0.2) is 22.6 Å². The Kier molecular flexibility index (Phi) is 5.11. The predicted octanol–water partition coefficient (Wildman–Crippen LogP) is 4.04. The monoisotopic (exact) mass is 381 g/mol. The summed E-state index contributed by atoms with van der Waals surface area (Å²) in [6, 6.07) is 8.30. The van der Waals surface area contributed by atoms with Crippen molar-refractivity contribution in [2.24, 2.45) is 0 Å². The topological polar surface area (TPSA) is 64.6 Å². The number of nitrogens with one attached hydrogen (secondary N) is 1. The van der Waals surface area contributed by atoms with Gasteiger partial charge in [0.2, 0.25) is 0 Å². The molecule has 0 saturated carbocycles. The molecule has 0 fully saturated rings. The Balaban J connectivity index is 1.98. The highest BCUT2D eigenvalue weighted by Gasteiger charge is 2.23. The number of benzene rings is 2. The zero-order valence-corrected chi connectivity index (χ0v) is 15.7. The Morgan fingerprint density at radius 1 is 0.960 bits per heavy atom. The van der Waals surface area contributed by atoms with Crippen molar-refractivity contribution in [3.8, 4) is 11.5 Å². The van der Waals surface area contributed by atoms with Gasteiger partial charge in [-0.25, -0.2) is 8.42 Å². The maximum atomic E-state index is 12.9. The van der Waals surface area contributed by atoms with Crippen LogP contribution in [-0.2, 0) is 22.9 Å². The van der Waals surface area contributed by atoms with Gasteiger partial charge in [-0.2, -0.15) is 0 Å². The number of rotatable bonds is 5. The average molecular weight is 382 g/mol. The van der Waals surface area contributed by atoms with Crippen LogP contribution in [0.4, 0.5) is 5.69 Å². The van der Waals surface area contributed by atoms with E-state index < -0.39 is 10.0 Å². The molecule has 0 radical (unpaired) electrons. The van der Waals surface area contributed by atoms with Gasteiger partial charge in [0.15, 0.2) is 0 Å². The van der Waals surface area contributed by atoms with E-state index in [1.807, 2.05) is 6.07 Å². The number of methoxy groups -OCH3 is 2. The fraction of sp³-hybridized carbons (Fsp3) is 0.333. The lowest BCUT2D eigenvalue weighted by atomic mass is 9.92. The third-order valence-electron chi connectivity index (χ3n) is 4.32. The summed E-state index contributed by atoms with van der Waals surface area (Å²) in [5.41, 5.74) is 2.60. The van der Waals surface area contributed by atoms with Crippen LogP contribution in [0.15, 0.2) is 35.2 Å². The number of ether oxygens (including phenoxy) is 2. The van der Waals surface area contributed by atoms with Crippen LogP contribution < -0.4 is 14.2 Å². The molecule has 0 bridgehead atoms. The van der Waals surface area contributed by atoms with Gasteiger partial charge in [0, 0.05) is 0 Å². The Hall–Kier alpha value is -1.92. The summed E-state index contributed by atoms with van der Waals surface area (Å²) in [5.74, 6) is 0.837. The van der Waals surface area contributed by atoms with Crippen molar-refractivity contribution >= 4 is 27.3 Å². The van der Waals surface area contributed by atoms with Crippen molar-refractivity contribution in [2.75, 3.05) is 18.9 Å². The maximum absolute atomic E-state index is 12.9. The highest BCUT2D eigenvalue weighted by molar-refractivity contribution is 7.92. The van der Waals surface area contributed by atoms with Gasteiger partial charge < -0.3 is 9.47 Å². The van der Waals surface area contributed by atoms with E-state index in [0.717, 1.165) is 36.8 Å². The molecule has 25 heavy (non-hydrogen) atoms. The van der Waals surface area contributed by atoms with Crippen molar-refractivity contribution < 1.29 is 17.9 Å². The zero-order chi connectivity index (χ0) is 18.0. The minimum absolute atomic E-state index is 0.141. The molecule has 2 aromatic carbocycles. The van der Waals surface area contributed by atoms with Gasteiger partial charge in [0.1, 0.15) is 16.4 Å². The molecule has 0 unspecified atom stereocenters. The molecule has 0 spiro atoms. The molecule has 0 amide bonds. The number of aryl methyl sites for hydroxylation is 2. The van der Waals surface area contributed by atoms with Gasteiger partial charge in [-0.15, -0.1) is 0 Å². The second-order valence-electron chi connectivity index (χ2n) is 5.93. The zero-order valence-electron chi connectivity index (χ0n) is 14.1. The Labute approximate surface area is 153 Å². The normalized spacial score (nSPS) is 13.9. The van der Waals surface area contributed by atoms with E-state index in [9.17, 15) is 8.42 Å². The van der Waals surface area contributed by atoms with Crippen molar-refractivity contribution in [2.45, 2.75) is 30.6 Å². The molecule has 0 saturated heterocycles. The van der Waals surface area contributed by atoms with E-state index >= 15 is 0 Å². The highest BCUT2D eigenvalue weighted by Crippen LogP contribution is 2.34. The summed E-state index contributed by atoms with van der Waals surface area (Å²) in [6.45, 7) is 0. The number of hydrogen-bond acceptors (Lipinski definition) is 4. The van der Waals surface area contributed by atoms with Crippen molar-refractivity contribution in [3.63, 3.8) is 0 Å². The summed E-state index contributed by atoms with van der Waals surface area (Å²) < 4.78 is 38.7. The van der Waals surface area contributed by atoms with Crippen molar-refractivity contribution in [1.29, 1.82) is 0 Å². The third-order valence-corrected chi connectivity index (χ3v) is 6.02. The number of halogens is 1. The van der Waals surface area contributed by atoms with Crippen LogP contribution in [0.3, 0.4) is 0 Å². The van der Waals surface area contributed by atoms with Crippen molar-refractivity contribution in [3.05, 3.63) is 46.5 Å². The minimum Gasteiger partial charge on any atom is -0.495 e. The van der Waals surface area contributed by atoms with E-state index in [2.05, 4.69) is 4.72 Å². The third kappa shape index (κ3) is 3.70. The van der Waals surface area contributed by atoms with Gasteiger partial charge in [0.25, 0.3) is 10.0 Å². The van der Waals surface area contributed by atoms with Crippen LogP contribution in [0.25, 0.3) is 0 Å². The number of fused-ring (bicyclic) bond motifs is 1. The molecule has 5 nitrogen and oxygen atoms in total. The molecule has 0 aromatic heterocycles. The molecule has 134 valence electrons. The second-order valence-corrected chi connectivity index (χ2v) is 7.99. The Morgan fingerprint density at radius 2 is 1.60 bits per heavy atom. The second kappa shape index (κ2) is 7.14. The lowest BCUT2D eigenvalue weighted by molar-refractivity contribution is 0.401. The van der Waals surface area contributed by atoms with Crippen LogP contribution in [0.5, 0.6) is 11.5 Å². The van der Waals surface area contributed by atoms with Crippen LogP contribution >= 0.6 is 11.6 Å². The van der Waals surface area contributed by atoms with E-state index in [-0.39, 0.29) is 4.90 Å². The summed E-state index contributed by atoms with van der Waals surface area (Å²) in [5, 5.41) is 0.333. The van der Waals surface area contributed by atoms with Crippen LogP contribution in [0, 0.1) is 0 Å². The number of anilines is 1. The molecule has 3 rings (SSSR count). The van der Waals surface area contributed by atoms with Gasteiger partial charge in [-0.3, -0.25) is 4.72 Å². The Bertz CT molecular complexity index is 896. The first-order chi connectivity index (χ1) is 11.9. The molecule has 2 aromatic rings. The molecule has 1 aliphatic rings. The first-order valence-electron chi connectivity index (χ1n) is 8.01. The lowest BCUT2D eigenvalue weighted by Gasteiger charge is -2.19. The van der Waals surface area contributed by atoms with Gasteiger partial charge in [0.05, 0.1) is 24.9 Å². The highest BCUT2D eigenvalue weighted by atomic mass is 35.5. The molecule has 0 heterocycles. The quantitative estimate of drug-likeness (QED) is 0.848. The average Bonchev–Trinajstić information content (AvgIpc) is 2.60. The number of hydrogen-bond donors (Lipinski definition) is 1. The van der Waals surface area contributed by atoms with E-state index in [1.54, 1.807) is 18.2 Å². The Morgan fingerprint density at radius 3 is 2.20 bits per heavy atom. The lowest BCUT2D eigenvalue weighted by Crippen LogP contribution is -2.16. The minimum atomic E-state index is -3.80. The SMILES string of the molecule is COc1ccc(NS(=O)(=O)c2cc3c(cc2OC)CCCC3)cc1Cl. The van der Waals surface area contributed by atoms with Gasteiger partial charge in [-0.05, 0) is 67.1 Å². The largest absolute Gasteiger partial charge is 0.495 e. The van der Waals surface area contributed by atoms with Gasteiger partial charge >= 0.3 is 0 Å². The molecule has 1 aliphatic carbocycles. The summed E-state index contributed by atoms with van der Waals surface area (Å²) in [6.07, 6.45) is 4.02. The maximum Gasteiger partial charge on any atom is 0.265 e. The molecule has 0 atom stereocenters. The van der Waals surface area contributed by atoms with Crippen molar-refractivity contribution in [1.82, 2.24) is 0 Å². The summed E-state index contributed by atoms with van der Waals surface area (Å²) in [4.78, 5) is 0.141. The first-order valence-corrected chi connectivity index (χ1v) is 9.87. The fourth-order valence-corrected chi connectivity index (χ4v) is 4.56. The molecule has 0 aliphatic heterocycles. The smallest absolute Gasteiger partial charge is 0.265 e. The van der Waals surface area contributed by atoms with Crippen LogP contribution in [0.1, 0.15) is 24.0 Å². The fourth-order valence-electron chi connectivity index (χ4n) is 3.05. The van der Waals surface area contributed by atoms with E-state index in [1.165, 1.54) is 20.3 Å². The standard InChI is InChI=1S/C18H20ClNO4S/c1-23-16-8-7-14(11-15(16)19)20-25(21,22)18-10-13-6-4-3-5-12(13)9-17(18)24-2/h7-11,20H,3-6H2,1-2H3. The first kappa shape index (κ1) is 17.9.